The fourth-order valence-electron chi connectivity index (χ4n) is 1.89. The van der Waals surface area contributed by atoms with Gasteiger partial charge in [-0.25, -0.2) is 9.78 Å². The van der Waals surface area contributed by atoms with Crippen molar-refractivity contribution in [2.45, 2.75) is 32.4 Å². The van der Waals surface area contributed by atoms with Crippen LogP contribution in [0.1, 0.15) is 41.7 Å². The van der Waals surface area contributed by atoms with Gasteiger partial charge in [-0.1, -0.05) is 20.8 Å². The zero-order valence-corrected chi connectivity index (χ0v) is 12.3. The molecule has 0 spiro atoms. The quantitative estimate of drug-likeness (QED) is 0.836. The second-order valence-electron chi connectivity index (χ2n) is 5.63. The van der Waals surface area contributed by atoms with Crippen LogP contribution in [-0.4, -0.2) is 16.1 Å². The molecular weight excluding hydrogens is 305 g/mol. The Bertz CT molecular complexity index is 730. The summed E-state index contributed by atoms with van der Waals surface area (Å²) in [7, 11) is 0. The minimum absolute atomic E-state index is 0.00958. The van der Waals surface area contributed by atoms with Crippen molar-refractivity contribution >= 4 is 33.2 Å². The van der Waals surface area contributed by atoms with Gasteiger partial charge in [0.2, 0.25) is 0 Å². The molecule has 0 unspecified atom stereocenters. The molecule has 4 nitrogen and oxygen atoms in total. The zero-order chi connectivity index (χ0) is 16.2. The summed E-state index contributed by atoms with van der Waals surface area (Å²) >= 11 is 0.657. The van der Waals surface area contributed by atoms with Crippen LogP contribution < -0.4 is 5.73 Å². The molecule has 2 heterocycles. The van der Waals surface area contributed by atoms with E-state index in [4.69, 9.17) is 10.8 Å². The molecule has 0 aliphatic heterocycles. The number of halogens is 3. The van der Waals surface area contributed by atoms with E-state index >= 15 is 0 Å². The van der Waals surface area contributed by atoms with Crippen LogP contribution in [0.4, 0.5) is 18.9 Å². The molecule has 2 aromatic heterocycles. The smallest absolute Gasteiger partial charge is 0.417 e. The normalized spacial score (nSPS) is 12.9. The summed E-state index contributed by atoms with van der Waals surface area (Å²) in [4.78, 5) is 14.9. The number of carbonyl (C=O) groups is 1. The van der Waals surface area contributed by atoms with E-state index in [1.54, 1.807) is 20.8 Å². The largest absolute Gasteiger partial charge is 0.477 e. The first-order chi connectivity index (χ1) is 9.43. The van der Waals surface area contributed by atoms with Crippen molar-refractivity contribution in [3.63, 3.8) is 0 Å². The van der Waals surface area contributed by atoms with E-state index in [1.165, 1.54) is 0 Å². The Hall–Kier alpha value is -1.83. The lowest BCUT2D eigenvalue weighted by Crippen LogP contribution is -2.16. The molecule has 0 aliphatic carbocycles. The van der Waals surface area contributed by atoms with Crippen LogP contribution in [-0.2, 0) is 11.6 Å². The molecule has 3 N–H and O–H groups in total. The van der Waals surface area contributed by atoms with Crippen molar-refractivity contribution in [3.05, 3.63) is 22.2 Å². The number of thiophene rings is 1. The van der Waals surface area contributed by atoms with Crippen LogP contribution >= 0.6 is 11.3 Å². The fourth-order valence-corrected chi connectivity index (χ4v) is 2.85. The molecule has 0 aliphatic rings. The van der Waals surface area contributed by atoms with E-state index < -0.39 is 23.1 Å². The summed E-state index contributed by atoms with van der Waals surface area (Å²) in [6, 6.07) is 0.942. The van der Waals surface area contributed by atoms with Crippen molar-refractivity contribution in [1.29, 1.82) is 0 Å². The number of nitrogens with zero attached hydrogens (tertiary/aromatic N) is 1. The van der Waals surface area contributed by atoms with Gasteiger partial charge in [-0.05, 0) is 6.07 Å². The fraction of sp³-hybridized carbons (Fsp3) is 0.385. The molecular formula is C13H13F3N2O2S. The number of aromatic carboxylic acids is 1. The predicted molar refractivity (Wildman–Crippen MR) is 74.7 cm³/mol. The summed E-state index contributed by atoms with van der Waals surface area (Å²) in [6.07, 6.45) is -4.63. The highest BCUT2D eigenvalue weighted by atomic mass is 32.1. The maximum atomic E-state index is 13.3. The Morgan fingerprint density at radius 2 is 1.90 bits per heavy atom. The van der Waals surface area contributed by atoms with E-state index in [9.17, 15) is 18.0 Å². The SMILES string of the molecule is CC(C)(C)c1cc(C(F)(F)F)c2c(N)c(C(=O)O)sc2n1. The summed E-state index contributed by atoms with van der Waals surface area (Å²) < 4.78 is 39.8. The predicted octanol–water partition coefficient (Wildman–Crippen LogP) is 3.89. The number of carboxylic acid groups (broad SMARTS) is 1. The zero-order valence-electron chi connectivity index (χ0n) is 11.5. The highest BCUT2D eigenvalue weighted by molar-refractivity contribution is 7.21. The molecule has 2 rings (SSSR count). The number of fused-ring (bicyclic) bond motifs is 1. The molecule has 0 aromatic carbocycles. The Kier molecular flexibility index (Phi) is 3.40. The number of hydrogen-bond donors (Lipinski definition) is 2. The van der Waals surface area contributed by atoms with E-state index in [-0.39, 0.29) is 26.5 Å². The molecule has 0 atom stereocenters. The van der Waals surface area contributed by atoms with Crippen molar-refractivity contribution in [1.82, 2.24) is 4.98 Å². The Morgan fingerprint density at radius 1 is 1.33 bits per heavy atom. The molecule has 8 heteroatoms. The van der Waals surface area contributed by atoms with Gasteiger partial charge in [0.25, 0.3) is 0 Å². The maximum Gasteiger partial charge on any atom is 0.417 e. The van der Waals surface area contributed by atoms with Gasteiger partial charge in [0, 0.05) is 16.5 Å². The average Bonchev–Trinajstić information content (AvgIpc) is 2.63. The number of rotatable bonds is 1. The Labute approximate surface area is 122 Å². The topological polar surface area (TPSA) is 76.2 Å². The molecule has 0 bridgehead atoms. The van der Waals surface area contributed by atoms with E-state index in [0.29, 0.717) is 11.3 Å². The van der Waals surface area contributed by atoms with Crippen molar-refractivity contribution in [2.24, 2.45) is 0 Å². The second-order valence-corrected chi connectivity index (χ2v) is 6.63. The monoisotopic (exact) mass is 318 g/mol. The van der Waals surface area contributed by atoms with Crippen LogP contribution in [0.3, 0.4) is 0 Å². The summed E-state index contributed by atoms with van der Waals surface area (Å²) in [5, 5.41) is 8.68. The van der Waals surface area contributed by atoms with Gasteiger partial charge in [0.15, 0.2) is 0 Å². The second kappa shape index (κ2) is 4.59. The third-order valence-electron chi connectivity index (χ3n) is 2.97. The molecule has 0 saturated heterocycles. The lowest BCUT2D eigenvalue weighted by molar-refractivity contribution is -0.136. The Balaban J connectivity index is 2.92. The number of aromatic nitrogens is 1. The summed E-state index contributed by atoms with van der Waals surface area (Å²) in [5.41, 5.74) is 3.89. The summed E-state index contributed by atoms with van der Waals surface area (Å²) in [6.45, 7) is 5.20. The average molecular weight is 318 g/mol. The van der Waals surface area contributed by atoms with Gasteiger partial charge >= 0.3 is 12.1 Å². The third-order valence-corrected chi connectivity index (χ3v) is 4.05. The number of anilines is 1. The minimum atomic E-state index is -4.63. The highest BCUT2D eigenvalue weighted by Crippen LogP contribution is 2.43. The minimum Gasteiger partial charge on any atom is -0.477 e. The van der Waals surface area contributed by atoms with Crippen LogP contribution in [0.2, 0.25) is 0 Å². The molecule has 21 heavy (non-hydrogen) atoms. The molecule has 0 radical (unpaired) electrons. The van der Waals surface area contributed by atoms with E-state index in [0.717, 1.165) is 6.07 Å². The van der Waals surface area contributed by atoms with Gasteiger partial charge < -0.3 is 10.8 Å². The van der Waals surface area contributed by atoms with Crippen LogP contribution in [0, 0.1) is 0 Å². The molecule has 0 fully saturated rings. The number of alkyl halides is 3. The van der Waals surface area contributed by atoms with Crippen molar-refractivity contribution in [3.8, 4) is 0 Å². The van der Waals surface area contributed by atoms with Gasteiger partial charge in [-0.2, -0.15) is 13.2 Å². The summed E-state index contributed by atoms with van der Waals surface area (Å²) in [5.74, 6) is -1.36. The Morgan fingerprint density at radius 3 is 2.33 bits per heavy atom. The molecule has 2 aromatic rings. The van der Waals surface area contributed by atoms with E-state index in [2.05, 4.69) is 4.98 Å². The molecule has 0 saturated carbocycles. The molecule has 114 valence electrons. The van der Waals surface area contributed by atoms with Crippen LogP contribution in [0.5, 0.6) is 0 Å². The van der Waals surface area contributed by atoms with Gasteiger partial charge in [-0.3, -0.25) is 0 Å². The van der Waals surface area contributed by atoms with Crippen LogP contribution in [0.25, 0.3) is 10.2 Å². The third kappa shape index (κ3) is 2.67. The number of carboxylic acids is 1. The maximum absolute atomic E-state index is 13.3. The first-order valence-corrected chi connectivity index (χ1v) is 6.78. The lowest BCUT2D eigenvalue weighted by atomic mass is 9.90. The number of hydrogen-bond acceptors (Lipinski definition) is 4. The van der Waals surface area contributed by atoms with Crippen LogP contribution in [0.15, 0.2) is 6.07 Å². The standard InChI is InChI=1S/C13H13F3N2O2S/c1-12(2,3)6-4-5(13(14,15)16)7-8(17)9(11(19)20)21-10(7)18-6/h4H,17H2,1-3H3,(H,19,20). The van der Waals surface area contributed by atoms with Crippen molar-refractivity contribution in [2.75, 3.05) is 5.73 Å². The van der Waals surface area contributed by atoms with Crippen molar-refractivity contribution < 1.29 is 23.1 Å². The van der Waals surface area contributed by atoms with Gasteiger partial charge in [0.1, 0.15) is 9.71 Å². The number of nitrogen functional groups attached to an aromatic ring is 1. The van der Waals surface area contributed by atoms with E-state index in [1.807, 2.05) is 0 Å². The number of pyridine rings is 1. The first-order valence-electron chi connectivity index (χ1n) is 5.97. The number of nitrogens with two attached hydrogens (primary N) is 1. The lowest BCUT2D eigenvalue weighted by Gasteiger charge is -2.20. The van der Waals surface area contributed by atoms with Gasteiger partial charge in [0.05, 0.1) is 11.3 Å². The first kappa shape index (κ1) is 15.6. The van der Waals surface area contributed by atoms with Gasteiger partial charge in [-0.15, -0.1) is 11.3 Å². The highest BCUT2D eigenvalue weighted by Gasteiger charge is 2.37. The molecule has 0 amide bonds.